The second kappa shape index (κ2) is 13.6. The van der Waals surface area contributed by atoms with Crippen molar-refractivity contribution in [2.75, 3.05) is 5.32 Å². The minimum absolute atomic E-state index is 0.0910. The highest BCUT2D eigenvalue weighted by molar-refractivity contribution is 6.58. The first-order chi connectivity index (χ1) is 24.2. The fraction of sp³-hybridized carbons (Fsp3) is 0.122. The summed E-state index contributed by atoms with van der Waals surface area (Å²) in [6.07, 6.45) is 1.63. The van der Waals surface area contributed by atoms with Crippen molar-refractivity contribution >= 4 is 31.4 Å². The molecular formula is C41H35F2N4O2Si. The normalized spacial score (nSPS) is 11.7. The summed E-state index contributed by atoms with van der Waals surface area (Å²) < 4.78 is 41.5. The number of aromatic nitrogens is 3. The molecule has 0 aliphatic heterocycles. The van der Waals surface area contributed by atoms with Gasteiger partial charge in [-0.3, -0.25) is 4.79 Å². The van der Waals surface area contributed by atoms with Crippen molar-refractivity contribution in [1.82, 2.24) is 14.3 Å². The molecule has 1 radical (unpaired) electrons. The van der Waals surface area contributed by atoms with E-state index in [1.54, 1.807) is 35.1 Å². The van der Waals surface area contributed by atoms with E-state index in [4.69, 9.17) is 4.43 Å². The summed E-state index contributed by atoms with van der Waals surface area (Å²) in [5, 5.41) is 2.70. The van der Waals surface area contributed by atoms with Crippen LogP contribution in [0.4, 0.5) is 20.3 Å². The molecule has 0 unspecified atom stereocenters. The van der Waals surface area contributed by atoms with Gasteiger partial charge in [-0.2, -0.15) is 0 Å². The van der Waals surface area contributed by atoms with Crippen molar-refractivity contribution in [3.63, 3.8) is 0 Å². The van der Waals surface area contributed by atoms with Gasteiger partial charge in [0.05, 0.1) is 16.9 Å². The van der Waals surface area contributed by atoms with Crippen LogP contribution < -0.4 is 15.3 Å². The summed E-state index contributed by atoms with van der Waals surface area (Å²) >= 11 is 0. The average Bonchev–Trinajstić information content (AvgIpc) is 3.41. The molecule has 7 aromatic rings. The van der Waals surface area contributed by atoms with Gasteiger partial charge in [0.15, 0.2) is 0 Å². The lowest BCUT2D eigenvalue weighted by atomic mass is 10.0. The Hall–Kier alpha value is -5.80. The summed E-state index contributed by atoms with van der Waals surface area (Å²) in [6, 6.07) is 42.1. The molecule has 50 heavy (non-hydrogen) atoms. The number of para-hydroxylation sites is 1. The van der Waals surface area contributed by atoms with Gasteiger partial charge in [0.25, 0.3) is 14.6 Å². The number of pyridine rings is 1. The number of benzene rings is 5. The van der Waals surface area contributed by atoms with E-state index >= 15 is 8.78 Å². The Bertz CT molecular complexity index is 2270. The third-order valence-electron chi connectivity index (χ3n) is 8.44. The molecule has 2 aromatic heterocycles. The van der Waals surface area contributed by atoms with E-state index in [2.05, 4.69) is 55.3 Å². The number of hydrogen-bond acceptors (Lipinski definition) is 4. The lowest BCUT2D eigenvalue weighted by Crippen LogP contribution is -2.40. The van der Waals surface area contributed by atoms with Crippen molar-refractivity contribution < 1.29 is 13.2 Å². The van der Waals surface area contributed by atoms with E-state index < -0.39 is 26.2 Å². The monoisotopic (exact) mass is 681 g/mol. The maximum atomic E-state index is 15.9. The molecular weight excluding hydrogens is 647 g/mol. The SMILES string of the molecule is CC(C)(C)[Si](Oc1cc(F)cc(-n2c(=O)c3c(F)cc(Nc4ccccn4)cc3n2-c2ccccc2)c1)C(c1ccccc1)c1ccccc1. The Kier molecular flexibility index (Phi) is 8.90. The second-order valence-corrected chi connectivity index (χ2v) is 16.1. The van der Waals surface area contributed by atoms with Gasteiger partial charge in [-0.25, -0.2) is 23.1 Å². The maximum absolute atomic E-state index is 15.9. The molecule has 0 amide bonds. The van der Waals surface area contributed by atoms with Gasteiger partial charge < -0.3 is 9.74 Å². The Balaban J connectivity index is 1.39. The number of rotatable bonds is 9. The Morgan fingerprint density at radius 3 is 1.94 bits per heavy atom. The highest BCUT2D eigenvalue weighted by atomic mass is 28.3. The quantitative estimate of drug-likeness (QED) is 0.154. The van der Waals surface area contributed by atoms with Crippen molar-refractivity contribution in [2.24, 2.45) is 0 Å². The van der Waals surface area contributed by atoms with E-state index in [9.17, 15) is 4.79 Å². The smallest absolute Gasteiger partial charge is 0.298 e. The molecule has 0 atom stereocenters. The van der Waals surface area contributed by atoms with Crippen LogP contribution in [0.1, 0.15) is 37.4 Å². The topological polar surface area (TPSA) is 61.1 Å². The average molecular weight is 682 g/mol. The standard InChI is InChI=1S/C41H35F2N4O2Si/c1-41(2,3)50(39(28-15-7-4-8-16-28)29-17-9-5-10-18-29)49-34-24-30(42)23-33(27-34)47-40(48)38-35(43)25-31(45-37-21-13-14-22-44-37)26-36(38)46(47)32-19-11-6-12-20-32/h4-27,39H,1-3H3,(H,44,45). The Morgan fingerprint density at radius 2 is 1.34 bits per heavy atom. The van der Waals surface area contributed by atoms with Gasteiger partial charge in [0.2, 0.25) is 0 Å². The number of hydrogen-bond donors (Lipinski definition) is 1. The minimum Gasteiger partial charge on any atom is -0.540 e. The van der Waals surface area contributed by atoms with Crippen LogP contribution in [-0.2, 0) is 0 Å². The Morgan fingerprint density at radius 1 is 0.720 bits per heavy atom. The predicted molar refractivity (Wildman–Crippen MR) is 197 cm³/mol. The zero-order chi connectivity index (χ0) is 34.8. The van der Waals surface area contributed by atoms with E-state index in [1.165, 1.54) is 22.9 Å². The highest BCUT2D eigenvalue weighted by Gasteiger charge is 2.40. The number of nitrogens with zero attached hydrogens (tertiary/aromatic N) is 3. The van der Waals surface area contributed by atoms with Crippen LogP contribution in [0.3, 0.4) is 0 Å². The summed E-state index contributed by atoms with van der Waals surface area (Å²) in [7, 11) is -1.84. The molecule has 0 aliphatic rings. The first kappa shape index (κ1) is 32.7. The van der Waals surface area contributed by atoms with Crippen molar-refractivity contribution in [2.45, 2.75) is 31.4 Å². The molecule has 0 saturated heterocycles. The van der Waals surface area contributed by atoms with Crippen LogP contribution in [-0.4, -0.2) is 23.4 Å². The van der Waals surface area contributed by atoms with E-state index in [1.807, 2.05) is 72.8 Å². The van der Waals surface area contributed by atoms with Crippen LogP contribution in [0.5, 0.6) is 5.75 Å². The summed E-state index contributed by atoms with van der Waals surface area (Å²) in [6.45, 7) is 6.41. The lowest BCUT2D eigenvalue weighted by molar-refractivity contribution is 0.494. The third-order valence-corrected chi connectivity index (χ3v) is 11.6. The summed E-state index contributed by atoms with van der Waals surface area (Å²) in [4.78, 5) is 18.5. The van der Waals surface area contributed by atoms with Crippen molar-refractivity contribution in [3.05, 3.63) is 179 Å². The molecule has 249 valence electrons. The van der Waals surface area contributed by atoms with Crippen LogP contribution in [0.15, 0.2) is 151 Å². The molecule has 6 nitrogen and oxygen atoms in total. The lowest BCUT2D eigenvalue weighted by Gasteiger charge is -2.35. The van der Waals surface area contributed by atoms with Gasteiger partial charge in [0.1, 0.15) is 28.6 Å². The van der Waals surface area contributed by atoms with E-state index in [0.717, 1.165) is 11.1 Å². The van der Waals surface area contributed by atoms with Crippen molar-refractivity contribution in [3.8, 4) is 17.1 Å². The van der Waals surface area contributed by atoms with E-state index in [0.29, 0.717) is 22.7 Å². The fourth-order valence-corrected chi connectivity index (χ4v) is 8.93. The second-order valence-electron chi connectivity index (χ2n) is 13.1. The molecule has 1 N–H and O–H groups in total. The van der Waals surface area contributed by atoms with Crippen molar-refractivity contribution in [1.29, 1.82) is 0 Å². The van der Waals surface area contributed by atoms with Gasteiger partial charge in [-0.1, -0.05) is 106 Å². The largest absolute Gasteiger partial charge is 0.540 e. The van der Waals surface area contributed by atoms with Crippen LogP contribution in [0.2, 0.25) is 5.04 Å². The van der Waals surface area contributed by atoms with E-state index in [-0.39, 0.29) is 27.4 Å². The van der Waals surface area contributed by atoms with Gasteiger partial charge in [-0.15, -0.1) is 0 Å². The minimum atomic E-state index is -1.84. The maximum Gasteiger partial charge on any atom is 0.298 e. The number of fused-ring (bicyclic) bond motifs is 1. The molecule has 0 spiro atoms. The first-order valence-electron chi connectivity index (χ1n) is 16.3. The predicted octanol–water partition coefficient (Wildman–Crippen LogP) is 9.74. The molecule has 2 heterocycles. The molecule has 9 heteroatoms. The summed E-state index contributed by atoms with van der Waals surface area (Å²) in [5.41, 5.74) is 2.99. The van der Waals surface area contributed by atoms with Crippen LogP contribution >= 0.6 is 0 Å². The first-order valence-corrected chi connectivity index (χ1v) is 17.8. The molecule has 0 aliphatic carbocycles. The molecule has 7 rings (SSSR count). The molecule has 0 bridgehead atoms. The number of halogens is 2. The highest BCUT2D eigenvalue weighted by Crippen LogP contribution is 2.41. The van der Waals surface area contributed by atoms with Crippen LogP contribution in [0, 0.1) is 11.6 Å². The Labute approximate surface area is 291 Å². The fourth-order valence-electron chi connectivity index (χ4n) is 6.28. The third kappa shape index (κ3) is 6.60. The van der Waals surface area contributed by atoms with Gasteiger partial charge in [-0.05, 0) is 58.6 Å². The van der Waals surface area contributed by atoms with Crippen LogP contribution in [0.25, 0.3) is 22.3 Å². The summed E-state index contributed by atoms with van der Waals surface area (Å²) in [5.74, 6) is -0.491. The molecule has 0 saturated carbocycles. The molecule has 5 aromatic carbocycles. The van der Waals surface area contributed by atoms with Gasteiger partial charge in [0, 0.05) is 29.6 Å². The van der Waals surface area contributed by atoms with Gasteiger partial charge >= 0.3 is 0 Å². The number of nitrogens with one attached hydrogen (secondary N) is 1. The number of anilines is 2. The zero-order valence-corrected chi connectivity index (χ0v) is 28.8. The molecule has 0 fully saturated rings. The zero-order valence-electron chi connectivity index (χ0n) is 27.8.